The quantitative estimate of drug-likeness (QED) is 0.846. The Hall–Kier alpha value is -1.53. The van der Waals surface area contributed by atoms with Crippen LogP contribution >= 0.6 is 0 Å². The number of halogens is 2. The molecule has 1 unspecified atom stereocenters. The molecule has 94 valence electrons. The number of carbonyl (C=O) groups excluding carboxylic acids is 1. The fourth-order valence-corrected chi connectivity index (χ4v) is 1.93. The molecule has 7 heteroatoms. The molecule has 1 heterocycles. The van der Waals surface area contributed by atoms with Gasteiger partial charge in [0, 0.05) is 0 Å². The maximum absolute atomic E-state index is 13.0. The fraction of sp³-hybridized carbons (Fsp3) is 0.700. The summed E-state index contributed by atoms with van der Waals surface area (Å²) in [5, 5.41) is 7.37. The minimum Gasteiger partial charge on any atom is -0.369 e. The van der Waals surface area contributed by atoms with E-state index in [-0.39, 0.29) is 23.9 Å². The molecule has 1 aromatic heterocycles. The van der Waals surface area contributed by atoms with Crippen LogP contribution in [0.1, 0.15) is 43.6 Å². The van der Waals surface area contributed by atoms with Crippen molar-refractivity contribution in [2.45, 2.75) is 38.7 Å². The van der Waals surface area contributed by atoms with Gasteiger partial charge in [-0.15, -0.1) is 5.10 Å². The predicted molar refractivity (Wildman–Crippen MR) is 55.3 cm³/mol. The van der Waals surface area contributed by atoms with E-state index in [1.54, 1.807) is 0 Å². The van der Waals surface area contributed by atoms with E-state index in [0.29, 0.717) is 5.92 Å². The summed E-state index contributed by atoms with van der Waals surface area (Å²) in [6.07, 6.45) is -0.943. The van der Waals surface area contributed by atoms with E-state index < -0.39 is 12.3 Å². The molecular formula is C10H14F2N4O. The van der Waals surface area contributed by atoms with Crippen LogP contribution in [0.4, 0.5) is 8.78 Å². The van der Waals surface area contributed by atoms with Crippen LogP contribution in [-0.2, 0) is 11.2 Å². The van der Waals surface area contributed by atoms with Crippen molar-refractivity contribution in [3.63, 3.8) is 0 Å². The molecule has 1 amide bonds. The monoisotopic (exact) mass is 244 g/mol. The molecule has 2 N–H and O–H groups in total. The first-order valence-electron chi connectivity index (χ1n) is 5.51. The molecule has 2 rings (SSSR count). The van der Waals surface area contributed by atoms with E-state index in [4.69, 9.17) is 5.73 Å². The first-order chi connectivity index (χ1) is 8.00. The minimum absolute atomic E-state index is 0.0139. The van der Waals surface area contributed by atoms with Crippen LogP contribution in [0.2, 0.25) is 0 Å². The molecule has 1 aromatic rings. The van der Waals surface area contributed by atoms with Gasteiger partial charge in [-0.1, -0.05) is 5.21 Å². The highest BCUT2D eigenvalue weighted by atomic mass is 19.3. The summed E-state index contributed by atoms with van der Waals surface area (Å²) in [7, 11) is 0. The number of nitrogens with two attached hydrogens (primary N) is 1. The van der Waals surface area contributed by atoms with Crippen molar-refractivity contribution in [2.75, 3.05) is 0 Å². The molecule has 0 saturated heterocycles. The Morgan fingerprint density at radius 1 is 1.59 bits per heavy atom. The lowest BCUT2D eigenvalue weighted by atomic mass is 10.2. The zero-order chi connectivity index (χ0) is 12.6. The van der Waals surface area contributed by atoms with Gasteiger partial charge in [-0.25, -0.2) is 13.5 Å². The van der Waals surface area contributed by atoms with Crippen molar-refractivity contribution in [2.24, 2.45) is 11.7 Å². The molecule has 1 aliphatic rings. The molecule has 0 spiro atoms. The number of hydrogen-bond donors (Lipinski definition) is 1. The van der Waals surface area contributed by atoms with Gasteiger partial charge >= 0.3 is 0 Å². The van der Waals surface area contributed by atoms with Gasteiger partial charge in [0.05, 0.1) is 12.5 Å². The smallest absolute Gasteiger partial charge is 0.281 e. The van der Waals surface area contributed by atoms with Crippen LogP contribution in [0.15, 0.2) is 0 Å². The third kappa shape index (κ3) is 2.42. The lowest BCUT2D eigenvalue weighted by molar-refractivity contribution is -0.117. The van der Waals surface area contributed by atoms with Crippen molar-refractivity contribution in [1.82, 2.24) is 15.0 Å². The Labute approximate surface area is 97.0 Å². The zero-order valence-electron chi connectivity index (χ0n) is 9.44. The number of hydrogen-bond acceptors (Lipinski definition) is 3. The van der Waals surface area contributed by atoms with Crippen LogP contribution in [0.25, 0.3) is 0 Å². The van der Waals surface area contributed by atoms with Crippen LogP contribution in [0, 0.1) is 5.92 Å². The Kier molecular flexibility index (Phi) is 3.08. The summed E-state index contributed by atoms with van der Waals surface area (Å²) >= 11 is 0. The Morgan fingerprint density at radius 3 is 2.71 bits per heavy atom. The lowest BCUT2D eigenvalue weighted by Gasteiger charge is -2.13. The third-order valence-electron chi connectivity index (χ3n) is 3.04. The number of primary amides is 1. The average Bonchev–Trinajstić information content (AvgIpc) is 2.98. The highest BCUT2D eigenvalue weighted by Gasteiger charge is 2.34. The third-order valence-corrected chi connectivity index (χ3v) is 3.04. The van der Waals surface area contributed by atoms with Crippen molar-refractivity contribution < 1.29 is 13.6 Å². The second-order valence-corrected chi connectivity index (χ2v) is 4.39. The van der Waals surface area contributed by atoms with Crippen LogP contribution in [0.3, 0.4) is 0 Å². The molecular weight excluding hydrogens is 230 g/mol. The molecule has 1 saturated carbocycles. The summed E-state index contributed by atoms with van der Waals surface area (Å²) in [5.74, 6) is -0.298. The number of carbonyl (C=O) groups is 1. The Morgan fingerprint density at radius 2 is 2.24 bits per heavy atom. The van der Waals surface area contributed by atoms with Gasteiger partial charge in [-0.3, -0.25) is 4.79 Å². The maximum atomic E-state index is 13.0. The lowest BCUT2D eigenvalue weighted by Crippen LogP contribution is -2.17. The summed E-state index contributed by atoms with van der Waals surface area (Å²) in [6, 6.07) is -0.104. The summed E-state index contributed by atoms with van der Waals surface area (Å²) < 4.78 is 27.2. The van der Waals surface area contributed by atoms with Gasteiger partial charge in [-0.05, 0) is 25.7 Å². The predicted octanol–water partition coefficient (Wildman–Crippen LogP) is 1.21. The number of rotatable bonds is 5. The minimum atomic E-state index is -2.69. The van der Waals surface area contributed by atoms with E-state index in [2.05, 4.69) is 10.3 Å². The van der Waals surface area contributed by atoms with Gasteiger partial charge in [0.25, 0.3) is 6.43 Å². The standard InChI is InChI=1S/C10H14F2N4O/c1-5(6-2-3-6)16-9(10(11)12)7(14-15-16)4-8(13)17/h5-6,10H,2-4H2,1H3,(H2,13,17). The number of alkyl halides is 2. The SMILES string of the molecule is CC(C1CC1)n1nnc(CC(N)=O)c1C(F)F. The van der Waals surface area contributed by atoms with E-state index in [9.17, 15) is 13.6 Å². The Bertz CT molecular complexity index is 428. The molecule has 0 aromatic carbocycles. The van der Waals surface area contributed by atoms with Crippen LogP contribution < -0.4 is 5.73 Å². The maximum Gasteiger partial charge on any atom is 0.281 e. The highest BCUT2D eigenvalue weighted by Crippen LogP contribution is 2.40. The largest absolute Gasteiger partial charge is 0.369 e. The van der Waals surface area contributed by atoms with Gasteiger partial charge in [-0.2, -0.15) is 0 Å². The molecule has 1 fully saturated rings. The molecule has 0 aliphatic heterocycles. The molecule has 17 heavy (non-hydrogen) atoms. The van der Waals surface area contributed by atoms with Gasteiger partial charge < -0.3 is 5.73 Å². The summed E-state index contributed by atoms with van der Waals surface area (Å²) in [4.78, 5) is 10.8. The van der Waals surface area contributed by atoms with Crippen molar-refractivity contribution in [3.8, 4) is 0 Å². The summed E-state index contributed by atoms with van der Waals surface area (Å²) in [5.41, 5.74) is 4.70. The van der Waals surface area contributed by atoms with Crippen LogP contribution in [-0.4, -0.2) is 20.9 Å². The Balaban J connectivity index is 2.31. The molecule has 0 bridgehead atoms. The van der Waals surface area contributed by atoms with Crippen molar-refractivity contribution in [3.05, 3.63) is 11.4 Å². The topological polar surface area (TPSA) is 73.8 Å². The number of amides is 1. The van der Waals surface area contributed by atoms with E-state index in [1.807, 2.05) is 6.92 Å². The highest BCUT2D eigenvalue weighted by molar-refractivity contribution is 5.76. The molecule has 5 nitrogen and oxygen atoms in total. The first kappa shape index (κ1) is 11.9. The molecule has 1 atom stereocenters. The first-order valence-corrected chi connectivity index (χ1v) is 5.51. The molecule has 1 aliphatic carbocycles. The van der Waals surface area contributed by atoms with Crippen LogP contribution in [0.5, 0.6) is 0 Å². The number of aromatic nitrogens is 3. The zero-order valence-corrected chi connectivity index (χ0v) is 9.44. The van der Waals surface area contributed by atoms with Gasteiger partial charge in [0.15, 0.2) is 0 Å². The summed E-state index contributed by atoms with van der Waals surface area (Å²) in [6.45, 7) is 1.84. The fourth-order valence-electron chi connectivity index (χ4n) is 1.93. The second-order valence-electron chi connectivity index (χ2n) is 4.39. The van der Waals surface area contributed by atoms with Gasteiger partial charge in [0.2, 0.25) is 5.91 Å². The number of nitrogens with zero attached hydrogens (tertiary/aromatic N) is 3. The van der Waals surface area contributed by atoms with Crippen molar-refractivity contribution in [1.29, 1.82) is 0 Å². The van der Waals surface area contributed by atoms with E-state index in [1.165, 1.54) is 4.68 Å². The van der Waals surface area contributed by atoms with Gasteiger partial charge in [0.1, 0.15) is 11.4 Å². The average molecular weight is 244 g/mol. The van der Waals surface area contributed by atoms with E-state index >= 15 is 0 Å². The second kappa shape index (κ2) is 4.38. The normalized spacial score (nSPS) is 17.4. The molecule has 0 radical (unpaired) electrons. The van der Waals surface area contributed by atoms with Crippen molar-refractivity contribution >= 4 is 5.91 Å². The van der Waals surface area contributed by atoms with E-state index in [0.717, 1.165) is 12.8 Å².